The molecule has 2 heteroatoms. The van der Waals surface area contributed by atoms with Gasteiger partial charge in [0.15, 0.2) is 0 Å². The molecule has 0 bridgehead atoms. The third-order valence-corrected chi connectivity index (χ3v) is 1.75. The van der Waals surface area contributed by atoms with Crippen molar-refractivity contribution in [1.82, 2.24) is 0 Å². The summed E-state index contributed by atoms with van der Waals surface area (Å²) in [5.41, 5.74) is 0.190. The molecular formula is C7H14O2. The van der Waals surface area contributed by atoms with Gasteiger partial charge in [-0.2, -0.15) is 0 Å². The van der Waals surface area contributed by atoms with Gasteiger partial charge in [-0.3, -0.25) is 0 Å². The summed E-state index contributed by atoms with van der Waals surface area (Å²) < 4.78 is 5.16. The summed E-state index contributed by atoms with van der Waals surface area (Å²) in [6.07, 6.45) is 3.11. The Hall–Kier alpha value is -0.0800. The van der Waals surface area contributed by atoms with Gasteiger partial charge in [0.1, 0.15) is 0 Å². The average molecular weight is 130 g/mol. The first-order valence-electron chi connectivity index (χ1n) is 3.52. The van der Waals surface area contributed by atoms with E-state index in [-0.39, 0.29) is 5.60 Å². The maximum Gasteiger partial charge on any atom is 0.0888 e. The minimum absolute atomic E-state index is 0.190. The Balaban J connectivity index is 1.92. The number of aliphatic hydroxyl groups excluding tert-OH is 1. The Labute approximate surface area is 55.8 Å². The highest BCUT2D eigenvalue weighted by Gasteiger charge is 2.37. The minimum atomic E-state index is 0.190. The van der Waals surface area contributed by atoms with Crippen molar-refractivity contribution in [1.29, 1.82) is 0 Å². The predicted octanol–water partition coefficient (Wildman–Crippen LogP) is 0.938. The molecule has 1 fully saturated rings. The van der Waals surface area contributed by atoms with Crippen molar-refractivity contribution in [2.45, 2.75) is 31.8 Å². The highest BCUT2D eigenvalue weighted by atomic mass is 16.6. The lowest BCUT2D eigenvalue weighted by molar-refractivity contribution is 0.262. The summed E-state index contributed by atoms with van der Waals surface area (Å²) in [5.74, 6) is 0. The van der Waals surface area contributed by atoms with E-state index in [1.165, 1.54) is 0 Å². The second-order valence-electron chi connectivity index (χ2n) is 2.92. The van der Waals surface area contributed by atoms with Gasteiger partial charge in [-0.1, -0.05) is 0 Å². The first kappa shape index (κ1) is 7.03. The van der Waals surface area contributed by atoms with E-state index < -0.39 is 0 Å². The summed E-state index contributed by atoms with van der Waals surface area (Å²) in [7, 11) is 0. The molecule has 0 aromatic carbocycles. The maximum atomic E-state index is 8.44. The van der Waals surface area contributed by atoms with Crippen LogP contribution in [0.2, 0.25) is 0 Å². The van der Waals surface area contributed by atoms with E-state index in [9.17, 15) is 0 Å². The van der Waals surface area contributed by atoms with Gasteiger partial charge >= 0.3 is 0 Å². The number of hydrogen-bond donors (Lipinski definition) is 1. The van der Waals surface area contributed by atoms with Gasteiger partial charge in [0.05, 0.1) is 12.2 Å². The summed E-state index contributed by atoms with van der Waals surface area (Å²) >= 11 is 0. The van der Waals surface area contributed by atoms with E-state index >= 15 is 0 Å². The van der Waals surface area contributed by atoms with E-state index in [1.54, 1.807) is 0 Å². The normalized spacial score (nSPS) is 32.7. The van der Waals surface area contributed by atoms with Crippen LogP contribution in [0.5, 0.6) is 0 Å². The lowest BCUT2D eigenvalue weighted by Crippen LogP contribution is -2.03. The monoisotopic (exact) mass is 130 g/mol. The largest absolute Gasteiger partial charge is 0.396 e. The Morgan fingerprint density at radius 3 is 2.67 bits per heavy atom. The van der Waals surface area contributed by atoms with Crippen LogP contribution < -0.4 is 0 Å². The van der Waals surface area contributed by atoms with Crippen molar-refractivity contribution < 1.29 is 9.84 Å². The highest BCUT2D eigenvalue weighted by molar-refractivity contribution is 4.86. The van der Waals surface area contributed by atoms with Crippen LogP contribution in [0.15, 0.2) is 0 Å². The summed E-state index contributed by atoms with van der Waals surface area (Å²) in [6, 6.07) is 0. The van der Waals surface area contributed by atoms with Gasteiger partial charge in [0.2, 0.25) is 0 Å². The summed E-state index contributed by atoms with van der Waals surface area (Å²) in [4.78, 5) is 0. The van der Waals surface area contributed by atoms with Gasteiger partial charge in [-0.25, -0.2) is 0 Å². The van der Waals surface area contributed by atoms with Gasteiger partial charge in [0.25, 0.3) is 0 Å². The summed E-state index contributed by atoms with van der Waals surface area (Å²) in [6.45, 7) is 3.35. The van der Waals surface area contributed by atoms with Crippen molar-refractivity contribution in [2.24, 2.45) is 0 Å². The fourth-order valence-corrected chi connectivity index (χ4v) is 0.878. The van der Waals surface area contributed by atoms with Crippen LogP contribution in [0.4, 0.5) is 0 Å². The Bertz CT molecular complexity index is 86.9. The van der Waals surface area contributed by atoms with Crippen LogP contribution in [0, 0.1) is 0 Å². The second-order valence-corrected chi connectivity index (χ2v) is 2.92. The summed E-state index contributed by atoms with van der Waals surface area (Å²) in [5, 5.41) is 8.44. The maximum absolute atomic E-state index is 8.44. The number of unbranched alkanes of at least 4 members (excludes halogenated alkanes) is 1. The van der Waals surface area contributed by atoms with Gasteiger partial charge < -0.3 is 9.84 Å². The second kappa shape index (κ2) is 2.67. The van der Waals surface area contributed by atoms with Crippen LogP contribution in [-0.4, -0.2) is 23.9 Å². The molecule has 0 spiro atoms. The van der Waals surface area contributed by atoms with E-state index in [2.05, 4.69) is 6.92 Å². The van der Waals surface area contributed by atoms with E-state index in [0.29, 0.717) is 6.61 Å². The molecule has 0 aliphatic carbocycles. The lowest BCUT2D eigenvalue weighted by atomic mass is 10.1. The molecule has 1 saturated heterocycles. The van der Waals surface area contributed by atoms with Crippen LogP contribution in [0.3, 0.4) is 0 Å². The van der Waals surface area contributed by atoms with Crippen molar-refractivity contribution in [3.8, 4) is 0 Å². The van der Waals surface area contributed by atoms with Crippen molar-refractivity contribution in [2.75, 3.05) is 13.2 Å². The first-order chi connectivity index (χ1) is 4.27. The quantitative estimate of drug-likeness (QED) is 0.453. The smallest absolute Gasteiger partial charge is 0.0888 e. The molecule has 1 heterocycles. The molecule has 2 nitrogen and oxygen atoms in total. The van der Waals surface area contributed by atoms with Crippen LogP contribution in [0.25, 0.3) is 0 Å². The molecule has 9 heavy (non-hydrogen) atoms. The topological polar surface area (TPSA) is 32.8 Å². The minimum Gasteiger partial charge on any atom is -0.396 e. The Kier molecular flexibility index (Phi) is 2.09. The van der Waals surface area contributed by atoms with Crippen LogP contribution in [0.1, 0.15) is 26.2 Å². The molecule has 0 saturated carbocycles. The van der Waals surface area contributed by atoms with Crippen molar-refractivity contribution in [3.63, 3.8) is 0 Å². The fraction of sp³-hybridized carbons (Fsp3) is 1.00. The SMILES string of the molecule is CC1(CCCCO)CO1. The number of ether oxygens (including phenoxy) is 1. The third-order valence-electron chi connectivity index (χ3n) is 1.75. The first-order valence-corrected chi connectivity index (χ1v) is 3.52. The molecule has 1 rings (SSSR count). The predicted molar refractivity (Wildman–Crippen MR) is 35.3 cm³/mol. The van der Waals surface area contributed by atoms with Crippen LogP contribution in [-0.2, 0) is 4.74 Å². The van der Waals surface area contributed by atoms with Crippen molar-refractivity contribution in [3.05, 3.63) is 0 Å². The lowest BCUT2D eigenvalue weighted by Gasteiger charge is -2.01. The number of rotatable bonds is 4. The molecular weight excluding hydrogens is 116 g/mol. The number of aliphatic hydroxyl groups is 1. The van der Waals surface area contributed by atoms with Crippen LogP contribution >= 0.6 is 0 Å². The standard InChI is InChI=1S/C7H14O2/c1-7(6-9-7)4-2-3-5-8/h8H,2-6H2,1H3. The molecule has 0 amide bonds. The molecule has 0 aromatic heterocycles. The molecule has 1 aliphatic rings. The zero-order valence-corrected chi connectivity index (χ0v) is 5.89. The Morgan fingerprint density at radius 1 is 1.56 bits per heavy atom. The fourth-order valence-electron chi connectivity index (χ4n) is 0.878. The molecule has 1 atom stereocenters. The van der Waals surface area contributed by atoms with Gasteiger partial charge in [0, 0.05) is 6.61 Å². The van der Waals surface area contributed by atoms with E-state index in [1.807, 2.05) is 0 Å². The van der Waals surface area contributed by atoms with Crippen molar-refractivity contribution >= 4 is 0 Å². The molecule has 0 radical (unpaired) electrons. The molecule has 1 aliphatic heterocycles. The van der Waals surface area contributed by atoms with Gasteiger partial charge in [-0.15, -0.1) is 0 Å². The zero-order chi connectivity index (χ0) is 6.74. The van der Waals surface area contributed by atoms with E-state index in [4.69, 9.17) is 9.84 Å². The average Bonchev–Trinajstić information content (AvgIpc) is 2.50. The number of hydrogen-bond acceptors (Lipinski definition) is 2. The van der Waals surface area contributed by atoms with Gasteiger partial charge in [-0.05, 0) is 26.2 Å². The molecule has 1 unspecified atom stereocenters. The Morgan fingerprint density at radius 2 is 2.22 bits per heavy atom. The van der Waals surface area contributed by atoms with E-state index in [0.717, 1.165) is 25.9 Å². The number of epoxide rings is 1. The highest BCUT2D eigenvalue weighted by Crippen LogP contribution is 2.31. The molecule has 54 valence electrons. The molecule has 0 aromatic rings. The molecule has 1 N–H and O–H groups in total. The zero-order valence-electron chi connectivity index (χ0n) is 5.89. The third kappa shape index (κ3) is 2.33.